The van der Waals surface area contributed by atoms with Gasteiger partial charge in [0.25, 0.3) is 0 Å². The van der Waals surface area contributed by atoms with Gasteiger partial charge in [-0.1, -0.05) is 19.1 Å². The number of phenols is 1. The summed E-state index contributed by atoms with van der Waals surface area (Å²) < 4.78 is 32.1. The van der Waals surface area contributed by atoms with Crippen molar-refractivity contribution >= 4 is 5.69 Å². The Morgan fingerprint density at radius 1 is 1.00 bits per heavy atom. The van der Waals surface area contributed by atoms with Crippen molar-refractivity contribution in [1.82, 2.24) is 5.32 Å². The minimum Gasteiger partial charge on any atom is -0.508 e. The quantitative estimate of drug-likeness (QED) is 0.234. The van der Waals surface area contributed by atoms with Gasteiger partial charge in [-0.15, -0.1) is 0 Å². The number of methoxy groups -OCH3 is 2. The van der Waals surface area contributed by atoms with Crippen LogP contribution in [0, 0.1) is 5.82 Å². The lowest BCUT2D eigenvalue weighted by molar-refractivity contribution is 0.292. The van der Waals surface area contributed by atoms with Crippen molar-refractivity contribution in [3.05, 3.63) is 76.6 Å². The number of hydrogen-bond acceptors (Lipinski definition) is 6. The van der Waals surface area contributed by atoms with Gasteiger partial charge in [-0.25, -0.2) is 4.39 Å². The van der Waals surface area contributed by atoms with E-state index in [-0.39, 0.29) is 17.5 Å². The maximum Gasteiger partial charge on any atom is 0.165 e. The van der Waals surface area contributed by atoms with Gasteiger partial charge >= 0.3 is 0 Å². The monoisotopic (exact) mass is 550 g/mol. The Morgan fingerprint density at radius 3 is 2.48 bits per heavy atom. The van der Waals surface area contributed by atoms with Gasteiger partial charge in [-0.3, -0.25) is 0 Å². The Labute approximate surface area is 238 Å². The Morgan fingerprint density at radius 2 is 1.77 bits per heavy atom. The van der Waals surface area contributed by atoms with E-state index in [9.17, 15) is 9.50 Å². The fourth-order valence-electron chi connectivity index (χ4n) is 5.45. The van der Waals surface area contributed by atoms with Crippen LogP contribution in [-0.4, -0.2) is 45.1 Å². The van der Waals surface area contributed by atoms with Gasteiger partial charge in [0.15, 0.2) is 23.1 Å². The van der Waals surface area contributed by atoms with Gasteiger partial charge in [-0.05, 0) is 98.0 Å². The molecule has 0 heterocycles. The third kappa shape index (κ3) is 7.00. The molecule has 6 nitrogen and oxygen atoms in total. The van der Waals surface area contributed by atoms with E-state index in [0.717, 1.165) is 43.5 Å². The van der Waals surface area contributed by atoms with E-state index < -0.39 is 0 Å². The number of hydrogen-bond donors (Lipinski definition) is 2. The fourth-order valence-corrected chi connectivity index (χ4v) is 5.45. The van der Waals surface area contributed by atoms with Crippen molar-refractivity contribution in [2.24, 2.45) is 0 Å². The SMILES string of the molecule is CCC(C)NCCOc1ccc(CN(CC)c2cc(OC)c(OC)cc2C2CCc3cc(O)ccc3C2)cc1F. The van der Waals surface area contributed by atoms with Crippen molar-refractivity contribution in [3.8, 4) is 23.0 Å². The first-order valence-electron chi connectivity index (χ1n) is 14.3. The molecular weight excluding hydrogens is 507 g/mol. The van der Waals surface area contributed by atoms with Crippen LogP contribution in [0.4, 0.5) is 10.1 Å². The number of aromatic hydroxyl groups is 1. The number of nitrogens with zero attached hydrogens (tertiary/aromatic N) is 1. The third-order valence-electron chi connectivity index (χ3n) is 7.95. The van der Waals surface area contributed by atoms with E-state index in [2.05, 4.69) is 37.1 Å². The molecule has 0 saturated heterocycles. The predicted molar refractivity (Wildman–Crippen MR) is 159 cm³/mol. The smallest absolute Gasteiger partial charge is 0.165 e. The zero-order valence-corrected chi connectivity index (χ0v) is 24.4. The Hall–Kier alpha value is -3.45. The van der Waals surface area contributed by atoms with Crippen LogP contribution in [0.1, 0.15) is 61.8 Å². The molecule has 2 N–H and O–H groups in total. The first-order valence-corrected chi connectivity index (χ1v) is 14.3. The molecule has 3 aromatic carbocycles. The van der Waals surface area contributed by atoms with Crippen LogP contribution in [0.15, 0.2) is 48.5 Å². The molecule has 1 aliphatic carbocycles. The number of fused-ring (bicyclic) bond motifs is 1. The summed E-state index contributed by atoms with van der Waals surface area (Å²) >= 11 is 0. The molecule has 3 aromatic rings. The van der Waals surface area contributed by atoms with Gasteiger partial charge in [0.05, 0.1) is 14.2 Å². The highest BCUT2D eigenvalue weighted by Gasteiger charge is 2.26. The lowest BCUT2D eigenvalue weighted by Gasteiger charge is -2.32. The topological polar surface area (TPSA) is 63.2 Å². The highest BCUT2D eigenvalue weighted by Crippen LogP contribution is 2.43. The van der Waals surface area contributed by atoms with Crippen LogP contribution in [0.2, 0.25) is 0 Å². The number of aryl methyl sites for hydroxylation is 1. The van der Waals surface area contributed by atoms with Crippen molar-refractivity contribution in [1.29, 1.82) is 0 Å². The zero-order chi connectivity index (χ0) is 28.6. The predicted octanol–water partition coefficient (Wildman–Crippen LogP) is 6.61. The first-order chi connectivity index (χ1) is 19.4. The second-order valence-corrected chi connectivity index (χ2v) is 10.5. The summed E-state index contributed by atoms with van der Waals surface area (Å²) in [4.78, 5) is 2.26. The van der Waals surface area contributed by atoms with E-state index in [0.29, 0.717) is 43.0 Å². The molecule has 4 rings (SSSR count). The standard InChI is InChI=1S/C33H43FN2O4/c1-6-22(3)35-14-15-40-31-13-8-23(16-29(31)34)21-36(7-2)30-20-33(39-5)32(38-4)19-28(30)26-10-9-25-18-27(37)12-11-24(25)17-26/h8,11-13,16,18-20,22,26,35,37H,6-7,9-10,14-15,17,21H2,1-5H3. The molecule has 0 spiro atoms. The summed E-state index contributed by atoms with van der Waals surface area (Å²) in [6.45, 7) is 8.73. The van der Waals surface area contributed by atoms with Crippen LogP contribution < -0.4 is 24.4 Å². The number of ether oxygens (including phenoxy) is 3. The highest BCUT2D eigenvalue weighted by molar-refractivity contribution is 5.64. The first kappa shape index (κ1) is 29.5. The Balaban J connectivity index is 1.57. The summed E-state index contributed by atoms with van der Waals surface area (Å²) in [7, 11) is 3.30. The molecule has 216 valence electrons. The maximum atomic E-state index is 15.0. The van der Waals surface area contributed by atoms with Crippen molar-refractivity contribution in [3.63, 3.8) is 0 Å². The molecule has 0 bridgehead atoms. The number of anilines is 1. The number of halogens is 1. The largest absolute Gasteiger partial charge is 0.508 e. The Kier molecular flexibility index (Phi) is 10.2. The molecule has 0 aromatic heterocycles. The molecule has 2 unspecified atom stereocenters. The minimum atomic E-state index is -0.350. The second-order valence-electron chi connectivity index (χ2n) is 10.5. The molecule has 0 radical (unpaired) electrons. The lowest BCUT2D eigenvalue weighted by Crippen LogP contribution is -2.29. The maximum absolute atomic E-state index is 15.0. The average Bonchev–Trinajstić information content (AvgIpc) is 2.97. The summed E-state index contributed by atoms with van der Waals surface area (Å²) in [6, 6.07) is 15.5. The summed E-state index contributed by atoms with van der Waals surface area (Å²) in [5.74, 6) is 1.88. The van der Waals surface area contributed by atoms with Crippen LogP contribution in [0.3, 0.4) is 0 Å². The number of nitrogens with one attached hydrogen (secondary N) is 1. The van der Waals surface area contributed by atoms with E-state index in [1.807, 2.05) is 24.3 Å². The van der Waals surface area contributed by atoms with Crippen LogP contribution >= 0.6 is 0 Å². The molecule has 0 saturated carbocycles. The summed E-state index contributed by atoms with van der Waals surface area (Å²) in [5.41, 5.74) is 5.58. The molecule has 40 heavy (non-hydrogen) atoms. The van der Waals surface area contributed by atoms with Crippen LogP contribution in [0.25, 0.3) is 0 Å². The summed E-state index contributed by atoms with van der Waals surface area (Å²) in [6.07, 6.45) is 3.77. The van der Waals surface area contributed by atoms with Crippen molar-refractivity contribution < 1.29 is 23.7 Å². The van der Waals surface area contributed by atoms with Crippen LogP contribution in [-0.2, 0) is 19.4 Å². The van der Waals surface area contributed by atoms with E-state index >= 15 is 0 Å². The molecular formula is C33H43FN2O4. The van der Waals surface area contributed by atoms with E-state index in [4.69, 9.17) is 14.2 Å². The lowest BCUT2D eigenvalue weighted by atomic mass is 9.79. The normalized spacial score (nSPS) is 15.3. The number of rotatable bonds is 13. The number of benzene rings is 3. The molecule has 7 heteroatoms. The highest BCUT2D eigenvalue weighted by atomic mass is 19.1. The molecule has 0 fully saturated rings. The van der Waals surface area contributed by atoms with Crippen molar-refractivity contribution in [2.75, 3.05) is 38.8 Å². The molecule has 0 amide bonds. The van der Waals surface area contributed by atoms with Gasteiger partial charge in [0.2, 0.25) is 0 Å². The van der Waals surface area contributed by atoms with Gasteiger partial charge in [-0.2, -0.15) is 0 Å². The second kappa shape index (κ2) is 13.8. The van der Waals surface area contributed by atoms with Crippen molar-refractivity contribution in [2.45, 2.75) is 65.0 Å². The molecule has 0 aliphatic heterocycles. The van der Waals surface area contributed by atoms with E-state index in [1.165, 1.54) is 16.7 Å². The average molecular weight is 551 g/mol. The van der Waals surface area contributed by atoms with E-state index in [1.54, 1.807) is 32.4 Å². The zero-order valence-electron chi connectivity index (χ0n) is 24.4. The summed E-state index contributed by atoms with van der Waals surface area (Å²) in [5, 5.41) is 13.3. The van der Waals surface area contributed by atoms with Crippen LogP contribution in [0.5, 0.6) is 23.0 Å². The molecule has 1 aliphatic rings. The fraction of sp³-hybridized carbons (Fsp3) is 0.455. The third-order valence-corrected chi connectivity index (χ3v) is 7.95. The Bertz CT molecular complexity index is 1280. The minimum absolute atomic E-state index is 0.275. The van der Waals surface area contributed by atoms with Gasteiger partial charge in [0.1, 0.15) is 12.4 Å². The number of phenolic OH excluding ortho intramolecular Hbond substituents is 1. The van der Waals surface area contributed by atoms with Gasteiger partial charge in [0, 0.05) is 37.4 Å². The van der Waals surface area contributed by atoms with Gasteiger partial charge < -0.3 is 29.5 Å². The molecule has 2 atom stereocenters.